The molecule has 0 aliphatic rings. The van der Waals surface area contributed by atoms with E-state index < -0.39 is 17.7 Å². The zero-order valence-electron chi connectivity index (χ0n) is 15.2. The van der Waals surface area contributed by atoms with Crippen molar-refractivity contribution in [3.63, 3.8) is 0 Å². The van der Waals surface area contributed by atoms with E-state index >= 15 is 0 Å². The van der Waals surface area contributed by atoms with Gasteiger partial charge in [-0.15, -0.1) is 0 Å². The molecule has 0 bridgehead atoms. The van der Waals surface area contributed by atoms with Crippen molar-refractivity contribution >= 4 is 16.9 Å². The Morgan fingerprint density at radius 1 is 1.15 bits per heavy atom. The number of carbonyl (C=O) groups is 1. The zero-order valence-corrected chi connectivity index (χ0v) is 15.2. The number of ether oxygens (including phenoxy) is 1. The van der Waals surface area contributed by atoms with Gasteiger partial charge in [0.15, 0.2) is 5.69 Å². The number of hydrogen-bond acceptors (Lipinski definition) is 3. The van der Waals surface area contributed by atoms with E-state index in [-0.39, 0.29) is 11.7 Å². The van der Waals surface area contributed by atoms with Gasteiger partial charge in [-0.2, -0.15) is 18.3 Å². The van der Waals surface area contributed by atoms with Crippen LogP contribution in [0.25, 0.3) is 10.9 Å². The fourth-order valence-electron chi connectivity index (χ4n) is 3.07. The molecule has 3 rings (SSSR count). The third-order valence-corrected chi connectivity index (χ3v) is 4.36. The minimum absolute atomic E-state index is 0.0345. The molecule has 0 fully saturated rings. The molecule has 142 valence electrons. The lowest BCUT2D eigenvalue weighted by Crippen LogP contribution is -2.07. The second-order valence-electron chi connectivity index (χ2n) is 6.56. The van der Waals surface area contributed by atoms with Gasteiger partial charge in [0, 0.05) is 11.4 Å². The molecule has 4 nitrogen and oxygen atoms in total. The lowest BCUT2D eigenvalue weighted by atomic mass is 9.99. The molecule has 0 aliphatic carbocycles. The van der Waals surface area contributed by atoms with Crippen LogP contribution in [0.4, 0.5) is 13.2 Å². The van der Waals surface area contributed by atoms with Gasteiger partial charge < -0.3 is 4.74 Å². The standard InChI is InChI=1S/C20H19F3N2O2/c1-12(2)25-16-6-4-5-14(17(16)18(24-25)19(26)27-3)11-13-7-9-15(10-8-13)20(21,22)23/h4-10,12H,11H2,1-3H3. The number of benzene rings is 2. The summed E-state index contributed by atoms with van der Waals surface area (Å²) >= 11 is 0. The molecule has 7 heteroatoms. The fourth-order valence-corrected chi connectivity index (χ4v) is 3.07. The molecule has 27 heavy (non-hydrogen) atoms. The van der Waals surface area contributed by atoms with Crippen molar-refractivity contribution in [2.24, 2.45) is 0 Å². The average Bonchev–Trinajstić information content (AvgIpc) is 3.02. The molecule has 0 saturated heterocycles. The number of esters is 1. The molecular formula is C20H19F3N2O2. The van der Waals surface area contributed by atoms with E-state index in [4.69, 9.17) is 4.74 Å². The second kappa shape index (κ2) is 7.06. The predicted molar refractivity (Wildman–Crippen MR) is 95.7 cm³/mol. The van der Waals surface area contributed by atoms with Gasteiger partial charge in [0.1, 0.15) is 0 Å². The van der Waals surface area contributed by atoms with E-state index in [2.05, 4.69) is 5.10 Å². The third-order valence-electron chi connectivity index (χ3n) is 4.36. The van der Waals surface area contributed by atoms with E-state index in [0.717, 1.165) is 23.2 Å². The van der Waals surface area contributed by atoms with E-state index in [1.165, 1.54) is 19.2 Å². The number of aromatic nitrogens is 2. The minimum atomic E-state index is -4.37. The summed E-state index contributed by atoms with van der Waals surface area (Å²) in [4.78, 5) is 12.2. The van der Waals surface area contributed by atoms with Crippen molar-refractivity contribution < 1.29 is 22.7 Å². The summed E-state index contributed by atoms with van der Waals surface area (Å²) in [6.07, 6.45) is -3.99. The minimum Gasteiger partial charge on any atom is -0.464 e. The summed E-state index contributed by atoms with van der Waals surface area (Å²) in [6, 6.07) is 10.6. The Labute approximate surface area is 154 Å². The van der Waals surface area contributed by atoms with Crippen LogP contribution in [0.5, 0.6) is 0 Å². The van der Waals surface area contributed by atoms with Gasteiger partial charge in [-0.1, -0.05) is 24.3 Å². The van der Waals surface area contributed by atoms with Crippen LogP contribution in [-0.4, -0.2) is 22.9 Å². The molecule has 2 aromatic carbocycles. The quantitative estimate of drug-likeness (QED) is 0.601. The first kappa shape index (κ1) is 18.9. The van der Waals surface area contributed by atoms with E-state index in [1.807, 2.05) is 32.0 Å². The Morgan fingerprint density at radius 2 is 1.81 bits per heavy atom. The molecule has 0 unspecified atom stereocenters. The molecule has 3 aromatic rings. The van der Waals surface area contributed by atoms with E-state index in [0.29, 0.717) is 17.4 Å². The van der Waals surface area contributed by atoms with Crippen molar-refractivity contribution in [3.05, 3.63) is 64.8 Å². The first-order chi connectivity index (χ1) is 12.7. The Morgan fingerprint density at radius 3 is 2.37 bits per heavy atom. The summed E-state index contributed by atoms with van der Waals surface area (Å²) in [6.45, 7) is 3.91. The predicted octanol–water partition coefficient (Wildman–Crippen LogP) is 5.01. The van der Waals surface area contributed by atoms with Crippen LogP contribution in [0.1, 0.15) is 47.1 Å². The van der Waals surface area contributed by atoms with Gasteiger partial charge in [-0.25, -0.2) is 4.79 Å². The molecule has 1 aromatic heterocycles. The van der Waals surface area contributed by atoms with Gasteiger partial charge in [0.25, 0.3) is 0 Å². The topological polar surface area (TPSA) is 44.1 Å². The van der Waals surface area contributed by atoms with Gasteiger partial charge in [-0.3, -0.25) is 4.68 Å². The van der Waals surface area contributed by atoms with Crippen LogP contribution < -0.4 is 0 Å². The lowest BCUT2D eigenvalue weighted by Gasteiger charge is -2.10. The first-order valence-electron chi connectivity index (χ1n) is 8.47. The van der Waals surface area contributed by atoms with Crippen molar-refractivity contribution in [1.82, 2.24) is 9.78 Å². The van der Waals surface area contributed by atoms with Gasteiger partial charge >= 0.3 is 12.1 Å². The Bertz CT molecular complexity index is 973. The summed E-state index contributed by atoms with van der Waals surface area (Å²) in [5.41, 5.74) is 1.83. The van der Waals surface area contributed by atoms with Gasteiger partial charge in [-0.05, 0) is 49.6 Å². The zero-order chi connectivity index (χ0) is 19.8. The van der Waals surface area contributed by atoms with E-state index in [1.54, 1.807) is 4.68 Å². The number of carbonyl (C=O) groups excluding carboxylic acids is 1. The van der Waals surface area contributed by atoms with Crippen LogP contribution >= 0.6 is 0 Å². The molecule has 0 atom stereocenters. The molecule has 1 heterocycles. The smallest absolute Gasteiger partial charge is 0.416 e. The number of methoxy groups -OCH3 is 1. The van der Waals surface area contributed by atoms with E-state index in [9.17, 15) is 18.0 Å². The second-order valence-corrected chi connectivity index (χ2v) is 6.56. The van der Waals surface area contributed by atoms with Crippen molar-refractivity contribution in [3.8, 4) is 0 Å². The Kier molecular flexibility index (Phi) is 4.95. The normalized spacial score (nSPS) is 12.0. The maximum absolute atomic E-state index is 12.8. The molecular weight excluding hydrogens is 357 g/mol. The molecule has 0 radical (unpaired) electrons. The van der Waals surface area contributed by atoms with Crippen LogP contribution in [0.3, 0.4) is 0 Å². The largest absolute Gasteiger partial charge is 0.464 e. The molecule has 0 N–H and O–H groups in total. The van der Waals surface area contributed by atoms with Gasteiger partial charge in [0.05, 0.1) is 18.2 Å². The maximum atomic E-state index is 12.8. The first-order valence-corrected chi connectivity index (χ1v) is 8.47. The average molecular weight is 376 g/mol. The molecule has 0 spiro atoms. The Hall–Kier alpha value is -2.83. The highest BCUT2D eigenvalue weighted by Gasteiger charge is 2.30. The Balaban J connectivity index is 2.08. The SMILES string of the molecule is COC(=O)c1nn(C(C)C)c2cccc(Cc3ccc(C(F)(F)F)cc3)c12. The van der Waals surface area contributed by atoms with Crippen LogP contribution in [0.2, 0.25) is 0 Å². The number of alkyl halides is 3. The summed E-state index contributed by atoms with van der Waals surface area (Å²) in [5, 5.41) is 5.07. The van der Waals surface area contributed by atoms with Crippen LogP contribution in [-0.2, 0) is 17.3 Å². The number of rotatable bonds is 4. The highest BCUT2D eigenvalue weighted by atomic mass is 19.4. The number of halogens is 3. The number of fused-ring (bicyclic) bond motifs is 1. The number of nitrogens with zero attached hydrogens (tertiary/aromatic N) is 2. The lowest BCUT2D eigenvalue weighted by molar-refractivity contribution is -0.137. The fraction of sp³-hybridized carbons (Fsp3) is 0.300. The van der Waals surface area contributed by atoms with Gasteiger partial charge in [0.2, 0.25) is 0 Å². The number of hydrogen-bond donors (Lipinski definition) is 0. The monoisotopic (exact) mass is 376 g/mol. The highest BCUT2D eigenvalue weighted by molar-refractivity contribution is 6.03. The van der Waals surface area contributed by atoms with Crippen LogP contribution in [0.15, 0.2) is 42.5 Å². The molecule has 0 aliphatic heterocycles. The van der Waals surface area contributed by atoms with Crippen molar-refractivity contribution in [2.45, 2.75) is 32.5 Å². The summed E-state index contributed by atoms with van der Waals surface area (Å²) < 4.78 is 44.9. The molecule has 0 saturated carbocycles. The summed E-state index contributed by atoms with van der Waals surface area (Å²) in [7, 11) is 1.29. The van der Waals surface area contributed by atoms with Crippen molar-refractivity contribution in [2.75, 3.05) is 7.11 Å². The van der Waals surface area contributed by atoms with Crippen LogP contribution in [0, 0.1) is 0 Å². The highest BCUT2D eigenvalue weighted by Crippen LogP contribution is 2.31. The summed E-state index contributed by atoms with van der Waals surface area (Å²) in [5.74, 6) is -0.542. The third kappa shape index (κ3) is 3.67. The van der Waals surface area contributed by atoms with Crippen molar-refractivity contribution in [1.29, 1.82) is 0 Å². The molecule has 0 amide bonds. The maximum Gasteiger partial charge on any atom is 0.416 e.